The van der Waals surface area contributed by atoms with Gasteiger partial charge in [0, 0.05) is 18.2 Å². The zero-order chi connectivity index (χ0) is 17.2. The van der Waals surface area contributed by atoms with E-state index in [0.717, 1.165) is 24.3 Å². The van der Waals surface area contributed by atoms with Crippen LogP contribution in [0.2, 0.25) is 0 Å². The summed E-state index contributed by atoms with van der Waals surface area (Å²) in [6.45, 7) is 0.411. The number of carboxylic acid groups (broad SMARTS) is 1. The van der Waals surface area contributed by atoms with E-state index in [1.807, 2.05) is 0 Å². The fourth-order valence-corrected chi connectivity index (χ4v) is 3.29. The van der Waals surface area contributed by atoms with Gasteiger partial charge in [0.05, 0.1) is 11.3 Å². The minimum absolute atomic E-state index is 0.135. The predicted octanol–water partition coefficient (Wildman–Crippen LogP) is 1.76. The Morgan fingerprint density at radius 2 is 1.87 bits per heavy atom. The summed E-state index contributed by atoms with van der Waals surface area (Å²) in [5.41, 5.74) is 0.135. The molecule has 1 aromatic rings. The molecule has 1 heterocycles. The first kappa shape index (κ1) is 17.3. The number of aliphatic carboxylic acids is 1. The minimum atomic E-state index is -4.70. The van der Waals surface area contributed by atoms with Crippen LogP contribution in [-0.4, -0.2) is 48.6 Å². The smallest absolute Gasteiger partial charge is 0.341 e. The summed E-state index contributed by atoms with van der Waals surface area (Å²) in [5.74, 6) is -4.97. The summed E-state index contributed by atoms with van der Waals surface area (Å²) in [4.78, 5) is 24.0. The molecule has 1 fully saturated rings. The number of benzene rings is 1. The molecule has 0 aliphatic carbocycles. The predicted molar refractivity (Wildman–Crippen MR) is 75.9 cm³/mol. The maximum absolute atomic E-state index is 12.5. The van der Waals surface area contributed by atoms with Crippen LogP contribution in [0, 0.1) is 0 Å². The molecule has 126 valence electrons. The summed E-state index contributed by atoms with van der Waals surface area (Å²) in [5, 5.41) is 8.85. The third kappa shape index (κ3) is 3.66. The van der Waals surface area contributed by atoms with E-state index in [4.69, 9.17) is 5.11 Å². The molecule has 6 nitrogen and oxygen atoms in total. The fourth-order valence-electron chi connectivity index (χ4n) is 2.57. The summed E-state index contributed by atoms with van der Waals surface area (Å²) in [6, 6.07) is 3.82. The largest absolute Gasteiger partial charge is 0.481 e. The van der Waals surface area contributed by atoms with Crippen molar-refractivity contribution in [3.63, 3.8) is 0 Å². The van der Waals surface area contributed by atoms with Gasteiger partial charge in [-0.25, -0.2) is 8.42 Å². The molecule has 1 aliphatic rings. The van der Waals surface area contributed by atoms with Gasteiger partial charge in [0.25, 0.3) is 5.91 Å². The second-order valence-electron chi connectivity index (χ2n) is 5.22. The van der Waals surface area contributed by atoms with Gasteiger partial charge in [0.15, 0.2) is 0 Å². The number of sulfone groups is 1. The van der Waals surface area contributed by atoms with Crippen LogP contribution in [0.15, 0.2) is 29.2 Å². The molecule has 0 saturated carbocycles. The number of nitrogens with zero attached hydrogens (tertiary/aromatic N) is 1. The number of carbonyl (C=O) groups excluding carboxylic acids is 1. The summed E-state index contributed by atoms with van der Waals surface area (Å²) in [7, 11) is -4.70. The van der Waals surface area contributed by atoms with Gasteiger partial charge < -0.3 is 10.0 Å². The first-order valence-electron chi connectivity index (χ1n) is 6.88. The normalized spacial score (nSPS) is 18.4. The van der Waals surface area contributed by atoms with Gasteiger partial charge in [0.2, 0.25) is 9.84 Å². The molecule has 23 heavy (non-hydrogen) atoms. The van der Waals surface area contributed by atoms with E-state index in [9.17, 15) is 26.8 Å². The van der Waals surface area contributed by atoms with Gasteiger partial charge in [-0.1, -0.05) is 0 Å². The summed E-state index contributed by atoms with van der Waals surface area (Å²) in [6.07, 6.45) is 1.10. The number of carboxylic acids is 1. The van der Waals surface area contributed by atoms with Crippen molar-refractivity contribution in [2.75, 3.05) is 6.54 Å². The van der Waals surface area contributed by atoms with Gasteiger partial charge in [-0.2, -0.15) is 8.78 Å². The van der Waals surface area contributed by atoms with Crippen molar-refractivity contribution in [2.45, 2.75) is 36.0 Å². The zero-order valence-corrected chi connectivity index (χ0v) is 12.8. The molecule has 0 spiro atoms. The van der Waals surface area contributed by atoms with Crippen molar-refractivity contribution in [1.82, 2.24) is 4.90 Å². The van der Waals surface area contributed by atoms with Gasteiger partial charge in [-0.05, 0) is 37.1 Å². The van der Waals surface area contributed by atoms with Crippen LogP contribution in [0.4, 0.5) is 8.78 Å². The molecule has 1 amide bonds. The molecule has 0 radical (unpaired) electrons. The van der Waals surface area contributed by atoms with E-state index in [1.165, 1.54) is 4.90 Å². The second-order valence-corrected chi connectivity index (χ2v) is 7.14. The maximum Gasteiger partial charge on any atom is 0.341 e. The van der Waals surface area contributed by atoms with E-state index in [0.29, 0.717) is 19.4 Å². The van der Waals surface area contributed by atoms with E-state index < -0.39 is 38.4 Å². The molecular weight excluding hydrogens is 332 g/mol. The van der Waals surface area contributed by atoms with Crippen molar-refractivity contribution in [2.24, 2.45) is 0 Å². The monoisotopic (exact) mass is 347 g/mol. The number of rotatable bonds is 5. The van der Waals surface area contributed by atoms with Crippen molar-refractivity contribution >= 4 is 21.7 Å². The lowest BCUT2D eigenvalue weighted by Gasteiger charge is -2.23. The Labute approximate surface area is 131 Å². The van der Waals surface area contributed by atoms with Crippen LogP contribution >= 0.6 is 0 Å². The number of hydrogen-bond acceptors (Lipinski definition) is 4. The number of halogens is 2. The first-order valence-corrected chi connectivity index (χ1v) is 8.43. The Morgan fingerprint density at radius 3 is 2.39 bits per heavy atom. The summed E-state index contributed by atoms with van der Waals surface area (Å²) >= 11 is 0. The van der Waals surface area contributed by atoms with E-state index in [-0.39, 0.29) is 12.0 Å². The summed E-state index contributed by atoms with van der Waals surface area (Å²) < 4.78 is 47.6. The molecule has 0 bridgehead atoms. The Morgan fingerprint density at radius 1 is 1.26 bits per heavy atom. The van der Waals surface area contributed by atoms with E-state index in [1.54, 1.807) is 0 Å². The quantitative estimate of drug-likeness (QED) is 0.876. The minimum Gasteiger partial charge on any atom is -0.481 e. The van der Waals surface area contributed by atoms with Crippen LogP contribution in [0.5, 0.6) is 0 Å². The third-order valence-electron chi connectivity index (χ3n) is 3.71. The average Bonchev–Trinajstić information content (AvgIpc) is 2.93. The average molecular weight is 347 g/mol. The first-order chi connectivity index (χ1) is 10.7. The molecule has 1 N–H and O–H groups in total. The highest BCUT2D eigenvalue weighted by Gasteiger charge is 2.31. The maximum atomic E-state index is 12.5. The topological polar surface area (TPSA) is 91.8 Å². The van der Waals surface area contributed by atoms with Gasteiger partial charge in [-0.3, -0.25) is 9.59 Å². The third-order valence-corrected chi connectivity index (χ3v) is 5.11. The lowest BCUT2D eigenvalue weighted by Crippen LogP contribution is -2.36. The molecule has 1 aromatic carbocycles. The van der Waals surface area contributed by atoms with E-state index >= 15 is 0 Å². The van der Waals surface area contributed by atoms with Gasteiger partial charge >= 0.3 is 11.7 Å². The zero-order valence-electron chi connectivity index (χ0n) is 12.0. The van der Waals surface area contributed by atoms with Crippen molar-refractivity contribution in [3.8, 4) is 0 Å². The number of amides is 1. The van der Waals surface area contributed by atoms with Crippen LogP contribution in [0.3, 0.4) is 0 Å². The van der Waals surface area contributed by atoms with Crippen LogP contribution in [0.25, 0.3) is 0 Å². The number of likely N-dealkylation sites (tertiary alicyclic amines) is 1. The van der Waals surface area contributed by atoms with Crippen LogP contribution in [0.1, 0.15) is 29.6 Å². The Hall–Kier alpha value is -2.03. The lowest BCUT2D eigenvalue weighted by molar-refractivity contribution is -0.137. The number of carbonyl (C=O) groups is 2. The molecule has 1 saturated heterocycles. The molecular formula is C14H15F2NO5S. The Balaban J connectivity index is 2.19. The van der Waals surface area contributed by atoms with Gasteiger partial charge in [0.1, 0.15) is 0 Å². The van der Waals surface area contributed by atoms with Crippen LogP contribution < -0.4 is 0 Å². The van der Waals surface area contributed by atoms with Crippen LogP contribution in [-0.2, 0) is 14.6 Å². The standard InChI is InChI=1S/C14H15F2NO5S/c15-14(16)23(21,22)11-5-3-9(4-6-11)13(20)17-7-1-2-10(17)8-12(18)19/h3-6,10,14H,1-2,7-8H2,(H,18,19). The van der Waals surface area contributed by atoms with Crippen molar-refractivity contribution in [3.05, 3.63) is 29.8 Å². The molecule has 0 aromatic heterocycles. The molecule has 9 heteroatoms. The number of alkyl halides is 2. The Kier molecular flexibility index (Phi) is 4.98. The van der Waals surface area contributed by atoms with Gasteiger partial charge in [-0.15, -0.1) is 0 Å². The number of hydrogen-bond donors (Lipinski definition) is 1. The highest BCUT2D eigenvalue weighted by molar-refractivity contribution is 7.91. The van der Waals surface area contributed by atoms with Crippen molar-refractivity contribution < 1.29 is 31.9 Å². The lowest BCUT2D eigenvalue weighted by atomic mass is 10.1. The SMILES string of the molecule is O=C(O)CC1CCCN1C(=O)c1ccc(S(=O)(=O)C(F)F)cc1. The van der Waals surface area contributed by atoms with E-state index in [2.05, 4.69) is 0 Å². The van der Waals surface area contributed by atoms with Crippen molar-refractivity contribution in [1.29, 1.82) is 0 Å². The second kappa shape index (κ2) is 6.61. The Bertz CT molecular complexity index is 702. The highest BCUT2D eigenvalue weighted by Crippen LogP contribution is 2.24. The fraction of sp³-hybridized carbons (Fsp3) is 0.429. The highest BCUT2D eigenvalue weighted by atomic mass is 32.2. The molecule has 1 aliphatic heterocycles. The molecule has 1 unspecified atom stereocenters. The molecule has 1 atom stereocenters. The molecule has 2 rings (SSSR count).